The number of pyridine rings is 1. The molecule has 2 aromatic rings. The minimum atomic E-state index is -0.745. The van der Waals surface area contributed by atoms with Gasteiger partial charge in [0.05, 0.1) is 0 Å². The van der Waals surface area contributed by atoms with Gasteiger partial charge in [0.15, 0.2) is 0 Å². The third kappa shape index (κ3) is 5.79. The highest BCUT2D eigenvalue weighted by atomic mass is 19.1. The zero-order chi connectivity index (χ0) is 23.3. The number of likely N-dealkylation sites (tertiary alicyclic amines) is 1. The van der Waals surface area contributed by atoms with E-state index >= 15 is 4.39 Å². The molecule has 2 aliphatic heterocycles. The van der Waals surface area contributed by atoms with Gasteiger partial charge >= 0.3 is 0 Å². The van der Waals surface area contributed by atoms with Crippen molar-refractivity contribution >= 4 is 5.82 Å². The molecule has 5 rings (SSSR count). The number of fused-ring (bicyclic) bond motifs is 1. The van der Waals surface area contributed by atoms with Gasteiger partial charge < -0.3 is 5.32 Å². The molecule has 2 fully saturated rings. The molecule has 5 heteroatoms. The molecule has 1 saturated carbocycles. The number of hydrogen-bond acceptors (Lipinski definition) is 3. The maximum Gasteiger partial charge on any atom is 0.129 e. The van der Waals surface area contributed by atoms with E-state index in [0.717, 1.165) is 75.4 Å². The summed E-state index contributed by atoms with van der Waals surface area (Å²) in [5.74, 6) is 1.57. The summed E-state index contributed by atoms with van der Waals surface area (Å²) >= 11 is 0. The lowest BCUT2D eigenvalue weighted by molar-refractivity contribution is 0.202. The van der Waals surface area contributed by atoms with Crippen LogP contribution in [0.4, 0.5) is 14.6 Å². The van der Waals surface area contributed by atoms with Crippen LogP contribution in [0, 0.1) is 11.7 Å². The molecular weight excluding hydrogens is 428 g/mol. The van der Waals surface area contributed by atoms with Crippen molar-refractivity contribution in [2.45, 2.75) is 89.3 Å². The van der Waals surface area contributed by atoms with Crippen LogP contribution < -0.4 is 5.32 Å². The number of aromatic nitrogens is 1. The summed E-state index contributed by atoms with van der Waals surface area (Å²) in [5, 5.41) is 3.40. The Kier molecular flexibility index (Phi) is 7.78. The standard InChI is InChI=1S/C29H39F2N3/c30-25-12-14-27(21-6-1-2-7-21)24(18-25)20-34-17-15-23(19-34)28(31)10-4-3-9-26-13-11-22-8-5-16-32-29(22)33-26/h11-14,18,21,23,28H,1-10,15-17,19-20H2,(H,32,33). The average Bonchev–Trinajstić information content (AvgIpc) is 3.55. The number of alkyl halides is 1. The number of benzene rings is 1. The predicted molar refractivity (Wildman–Crippen MR) is 134 cm³/mol. The summed E-state index contributed by atoms with van der Waals surface area (Å²) in [6.07, 6.45) is 10.9. The van der Waals surface area contributed by atoms with Gasteiger partial charge in [0, 0.05) is 31.2 Å². The largest absolute Gasteiger partial charge is 0.370 e. The minimum Gasteiger partial charge on any atom is -0.370 e. The molecule has 2 atom stereocenters. The topological polar surface area (TPSA) is 28.2 Å². The van der Waals surface area contributed by atoms with Gasteiger partial charge in [-0.3, -0.25) is 4.90 Å². The number of hydrogen-bond donors (Lipinski definition) is 1. The van der Waals surface area contributed by atoms with Gasteiger partial charge in [-0.1, -0.05) is 31.4 Å². The molecule has 34 heavy (non-hydrogen) atoms. The number of rotatable bonds is 9. The maximum absolute atomic E-state index is 15.0. The molecule has 2 unspecified atom stereocenters. The van der Waals surface area contributed by atoms with Crippen molar-refractivity contribution in [2.24, 2.45) is 5.92 Å². The fourth-order valence-electron chi connectivity index (χ4n) is 6.28. The molecule has 1 aromatic carbocycles. The molecule has 3 aliphatic rings. The maximum atomic E-state index is 15.0. The van der Waals surface area contributed by atoms with Crippen LogP contribution in [0.3, 0.4) is 0 Å². The summed E-state index contributed by atoms with van der Waals surface area (Å²) < 4.78 is 29.1. The van der Waals surface area contributed by atoms with Gasteiger partial charge in [-0.05, 0) is 98.7 Å². The van der Waals surface area contributed by atoms with Crippen molar-refractivity contribution in [3.05, 3.63) is 58.5 Å². The Bertz CT molecular complexity index is 956. The Morgan fingerprint density at radius 2 is 1.94 bits per heavy atom. The van der Waals surface area contributed by atoms with Crippen LogP contribution in [0.5, 0.6) is 0 Å². The Morgan fingerprint density at radius 3 is 2.82 bits per heavy atom. The predicted octanol–water partition coefficient (Wildman–Crippen LogP) is 6.81. The lowest BCUT2D eigenvalue weighted by Gasteiger charge is -2.22. The number of aryl methyl sites for hydroxylation is 2. The molecule has 1 N–H and O–H groups in total. The third-order valence-electron chi connectivity index (χ3n) is 8.23. The van der Waals surface area contributed by atoms with E-state index in [2.05, 4.69) is 22.3 Å². The fraction of sp³-hybridized carbons (Fsp3) is 0.621. The van der Waals surface area contributed by atoms with Crippen LogP contribution in [-0.2, 0) is 19.4 Å². The van der Waals surface area contributed by atoms with Crippen LogP contribution in [0.25, 0.3) is 0 Å². The molecule has 1 aromatic heterocycles. The minimum absolute atomic E-state index is 0.106. The van der Waals surface area contributed by atoms with Gasteiger partial charge in [-0.15, -0.1) is 0 Å². The average molecular weight is 468 g/mol. The smallest absolute Gasteiger partial charge is 0.129 e. The van der Waals surface area contributed by atoms with Crippen molar-refractivity contribution in [1.82, 2.24) is 9.88 Å². The van der Waals surface area contributed by atoms with Crippen LogP contribution >= 0.6 is 0 Å². The van der Waals surface area contributed by atoms with E-state index in [1.807, 2.05) is 6.07 Å². The lowest BCUT2D eigenvalue weighted by Crippen LogP contribution is -2.24. The van der Waals surface area contributed by atoms with Crippen LogP contribution in [0.1, 0.15) is 86.1 Å². The molecule has 0 bridgehead atoms. The first kappa shape index (κ1) is 23.7. The van der Waals surface area contributed by atoms with Crippen molar-refractivity contribution in [3.63, 3.8) is 0 Å². The SMILES string of the molecule is Fc1ccc(C2CCCC2)c(CN2CCC(C(F)CCCCc3ccc4c(n3)NCCC4)C2)c1. The fourth-order valence-corrected chi connectivity index (χ4v) is 6.28. The third-order valence-corrected chi connectivity index (χ3v) is 8.23. The van der Waals surface area contributed by atoms with Crippen molar-refractivity contribution in [2.75, 3.05) is 25.0 Å². The first-order valence-electron chi connectivity index (χ1n) is 13.5. The summed E-state index contributed by atoms with van der Waals surface area (Å²) in [6, 6.07) is 9.67. The highest BCUT2D eigenvalue weighted by Gasteiger charge is 2.30. The van der Waals surface area contributed by atoms with Crippen molar-refractivity contribution in [1.29, 1.82) is 0 Å². The van der Waals surface area contributed by atoms with Crippen LogP contribution in [0.15, 0.2) is 30.3 Å². The van der Waals surface area contributed by atoms with Crippen LogP contribution in [0.2, 0.25) is 0 Å². The Hall–Kier alpha value is -2.01. The molecular formula is C29H39F2N3. The summed E-state index contributed by atoms with van der Waals surface area (Å²) in [5.41, 5.74) is 4.88. The number of unbranched alkanes of at least 4 members (excludes halogenated alkanes) is 1. The second-order valence-electron chi connectivity index (χ2n) is 10.7. The second kappa shape index (κ2) is 11.2. The summed E-state index contributed by atoms with van der Waals surface area (Å²) in [6.45, 7) is 3.47. The molecule has 1 saturated heterocycles. The number of anilines is 1. The zero-order valence-corrected chi connectivity index (χ0v) is 20.4. The first-order valence-corrected chi connectivity index (χ1v) is 13.5. The number of halogens is 2. The molecule has 184 valence electrons. The van der Waals surface area contributed by atoms with Crippen molar-refractivity contribution in [3.8, 4) is 0 Å². The van der Waals surface area contributed by atoms with E-state index in [-0.39, 0.29) is 11.7 Å². The molecule has 3 nitrogen and oxygen atoms in total. The van der Waals surface area contributed by atoms with Gasteiger partial charge in [-0.2, -0.15) is 0 Å². The van der Waals surface area contributed by atoms with E-state index in [1.54, 1.807) is 12.1 Å². The summed E-state index contributed by atoms with van der Waals surface area (Å²) in [4.78, 5) is 7.10. The first-order chi connectivity index (χ1) is 16.7. The van der Waals surface area contributed by atoms with E-state index in [4.69, 9.17) is 4.98 Å². The molecule has 0 radical (unpaired) electrons. The monoisotopic (exact) mass is 467 g/mol. The second-order valence-corrected chi connectivity index (χ2v) is 10.7. The van der Waals surface area contributed by atoms with Gasteiger partial charge in [0.2, 0.25) is 0 Å². The van der Waals surface area contributed by atoms with E-state index in [0.29, 0.717) is 12.3 Å². The molecule has 0 amide bonds. The highest BCUT2D eigenvalue weighted by Crippen LogP contribution is 2.37. The molecule has 0 spiro atoms. The van der Waals surface area contributed by atoms with E-state index in [9.17, 15) is 4.39 Å². The quantitative estimate of drug-likeness (QED) is 0.411. The molecule has 1 aliphatic carbocycles. The van der Waals surface area contributed by atoms with E-state index < -0.39 is 6.17 Å². The van der Waals surface area contributed by atoms with Crippen LogP contribution in [-0.4, -0.2) is 35.7 Å². The Labute approximate surface area is 203 Å². The van der Waals surface area contributed by atoms with E-state index in [1.165, 1.54) is 43.2 Å². The molecule has 3 heterocycles. The zero-order valence-electron chi connectivity index (χ0n) is 20.4. The van der Waals surface area contributed by atoms with Crippen molar-refractivity contribution < 1.29 is 8.78 Å². The van der Waals surface area contributed by atoms with Gasteiger partial charge in [0.1, 0.15) is 17.8 Å². The normalized spacial score (nSPS) is 22.0. The Morgan fingerprint density at radius 1 is 1.06 bits per heavy atom. The summed E-state index contributed by atoms with van der Waals surface area (Å²) in [7, 11) is 0. The number of nitrogens with zero attached hydrogens (tertiary/aromatic N) is 2. The Balaban J connectivity index is 1.07. The highest BCUT2D eigenvalue weighted by molar-refractivity contribution is 5.47. The number of nitrogens with one attached hydrogen (secondary N) is 1. The van der Waals surface area contributed by atoms with Gasteiger partial charge in [0.25, 0.3) is 0 Å². The van der Waals surface area contributed by atoms with Gasteiger partial charge in [-0.25, -0.2) is 13.8 Å². The lowest BCUT2D eigenvalue weighted by atomic mass is 9.92.